The van der Waals surface area contributed by atoms with E-state index in [0.717, 1.165) is 33.7 Å². The molecule has 0 saturated heterocycles. The zero-order valence-electron chi connectivity index (χ0n) is 17.9. The first-order valence-electron chi connectivity index (χ1n) is 10.3. The van der Waals surface area contributed by atoms with Crippen molar-refractivity contribution in [2.45, 2.75) is 20.0 Å². The Balaban J connectivity index is 1.62. The SMILES string of the molecule is CC(=O)SC/C(=C/c1cccc2ccccc12)C(=O)NCCC(=O)OCc1ccccc1. The van der Waals surface area contributed by atoms with Gasteiger partial charge >= 0.3 is 5.97 Å². The number of nitrogens with one attached hydrogen (secondary N) is 1. The maximum Gasteiger partial charge on any atom is 0.307 e. The highest BCUT2D eigenvalue weighted by Gasteiger charge is 2.13. The van der Waals surface area contributed by atoms with Gasteiger partial charge in [0.2, 0.25) is 5.91 Å². The molecule has 0 aliphatic carbocycles. The summed E-state index contributed by atoms with van der Waals surface area (Å²) in [6.45, 7) is 1.83. The van der Waals surface area contributed by atoms with Crippen LogP contribution < -0.4 is 5.32 Å². The van der Waals surface area contributed by atoms with Crippen LogP contribution in [-0.2, 0) is 25.7 Å². The van der Waals surface area contributed by atoms with E-state index in [9.17, 15) is 14.4 Å². The average molecular weight is 448 g/mol. The molecule has 0 spiro atoms. The van der Waals surface area contributed by atoms with Gasteiger partial charge in [0.05, 0.1) is 6.42 Å². The van der Waals surface area contributed by atoms with Crippen molar-refractivity contribution in [1.29, 1.82) is 0 Å². The summed E-state index contributed by atoms with van der Waals surface area (Å²) in [5.41, 5.74) is 2.28. The number of carbonyl (C=O) groups excluding carboxylic acids is 3. The fraction of sp³-hybridized carbons (Fsp3) is 0.192. The molecule has 0 unspecified atom stereocenters. The second kappa shape index (κ2) is 11.9. The number of hydrogen-bond acceptors (Lipinski definition) is 5. The normalized spacial score (nSPS) is 11.2. The molecule has 0 radical (unpaired) electrons. The predicted molar refractivity (Wildman–Crippen MR) is 129 cm³/mol. The Kier molecular flexibility index (Phi) is 8.63. The maximum absolute atomic E-state index is 12.8. The van der Waals surface area contributed by atoms with Gasteiger partial charge in [0.1, 0.15) is 6.61 Å². The van der Waals surface area contributed by atoms with E-state index in [2.05, 4.69) is 5.32 Å². The van der Waals surface area contributed by atoms with Crippen LogP contribution in [0.3, 0.4) is 0 Å². The molecular formula is C26H25NO4S. The van der Waals surface area contributed by atoms with Crippen LogP contribution in [0.25, 0.3) is 16.8 Å². The number of benzene rings is 3. The topological polar surface area (TPSA) is 72.5 Å². The molecule has 0 heterocycles. The van der Waals surface area contributed by atoms with Gasteiger partial charge in [-0.15, -0.1) is 0 Å². The molecule has 1 N–H and O–H groups in total. The highest BCUT2D eigenvalue weighted by molar-refractivity contribution is 8.13. The molecular weight excluding hydrogens is 422 g/mol. The quantitative estimate of drug-likeness (QED) is 0.378. The molecule has 0 atom stereocenters. The number of fused-ring (bicyclic) bond motifs is 1. The maximum atomic E-state index is 12.8. The third-order valence-corrected chi connectivity index (χ3v) is 5.59. The Morgan fingerprint density at radius 3 is 2.44 bits per heavy atom. The number of thioether (sulfide) groups is 1. The molecule has 32 heavy (non-hydrogen) atoms. The van der Waals surface area contributed by atoms with Gasteiger partial charge in [0.15, 0.2) is 5.12 Å². The van der Waals surface area contributed by atoms with Crippen LogP contribution >= 0.6 is 11.8 Å². The van der Waals surface area contributed by atoms with Crippen LogP contribution in [0, 0.1) is 0 Å². The van der Waals surface area contributed by atoms with Gasteiger partial charge in [0, 0.05) is 24.8 Å². The first-order valence-corrected chi connectivity index (χ1v) is 11.3. The Labute approximate surface area is 191 Å². The van der Waals surface area contributed by atoms with Gasteiger partial charge in [0.25, 0.3) is 0 Å². The molecule has 5 nitrogen and oxygen atoms in total. The fourth-order valence-electron chi connectivity index (χ4n) is 3.12. The summed E-state index contributed by atoms with van der Waals surface area (Å²) in [4.78, 5) is 36.3. The van der Waals surface area contributed by atoms with Crippen molar-refractivity contribution in [1.82, 2.24) is 5.32 Å². The smallest absolute Gasteiger partial charge is 0.307 e. The van der Waals surface area contributed by atoms with E-state index >= 15 is 0 Å². The zero-order chi connectivity index (χ0) is 22.8. The number of carbonyl (C=O) groups is 3. The van der Waals surface area contributed by atoms with E-state index < -0.39 is 0 Å². The van der Waals surface area contributed by atoms with Gasteiger partial charge in [-0.2, -0.15) is 0 Å². The largest absolute Gasteiger partial charge is 0.461 e. The number of esters is 1. The van der Waals surface area contributed by atoms with Crippen molar-refractivity contribution in [2.24, 2.45) is 0 Å². The predicted octanol–water partition coefficient (Wildman–Crippen LogP) is 4.75. The van der Waals surface area contributed by atoms with Crippen LogP contribution in [-0.4, -0.2) is 29.3 Å². The first-order chi connectivity index (χ1) is 15.5. The second-order valence-corrected chi connectivity index (χ2v) is 8.32. The molecule has 0 aliphatic rings. The monoisotopic (exact) mass is 447 g/mol. The lowest BCUT2D eigenvalue weighted by Crippen LogP contribution is -2.28. The highest BCUT2D eigenvalue weighted by atomic mass is 32.2. The van der Waals surface area contributed by atoms with Crippen LogP contribution in [0.2, 0.25) is 0 Å². The number of rotatable bonds is 9. The molecule has 3 aromatic rings. The molecule has 3 aromatic carbocycles. The van der Waals surface area contributed by atoms with E-state index in [1.165, 1.54) is 6.92 Å². The first kappa shape index (κ1) is 23.3. The number of ether oxygens (including phenoxy) is 1. The Hall–Kier alpha value is -3.38. The summed E-state index contributed by atoms with van der Waals surface area (Å²) in [5.74, 6) is -0.433. The van der Waals surface area contributed by atoms with E-state index in [0.29, 0.717) is 5.57 Å². The zero-order valence-corrected chi connectivity index (χ0v) is 18.7. The lowest BCUT2D eigenvalue weighted by atomic mass is 10.0. The van der Waals surface area contributed by atoms with Gasteiger partial charge in [-0.05, 0) is 28.0 Å². The van der Waals surface area contributed by atoms with Crippen LogP contribution in [0.1, 0.15) is 24.5 Å². The molecule has 0 saturated carbocycles. The van der Waals surface area contributed by atoms with Gasteiger partial charge < -0.3 is 10.1 Å². The molecule has 0 bridgehead atoms. The molecule has 0 fully saturated rings. The Morgan fingerprint density at radius 1 is 0.938 bits per heavy atom. The minimum Gasteiger partial charge on any atom is -0.461 e. The molecule has 0 aliphatic heterocycles. The van der Waals surface area contributed by atoms with Crippen LogP contribution in [0.4, 0.5) is 0 Å². The minimum atomic E-state index is -0.383. The van der Waals surface area contributed by atoms with Crippen LogP contribution in [0.15, 0.2) is 78.4 Å². The van der Waals surface area contributed by atoms with Crippen molar-refractivity contribution in [2.75, 3.05) is 12.3 Å². The van der Waals surface area contributed by atoms with Crippen molar-refractivity contribution in [3.63, 3.8) is 0 Å². The third-order valence-electron chi connectivity index (χ3n) is 4.73. The number of hydrogen-bond donors (Lipinski definition) is 1. The summed E-state index contributed by atoms with van der Waals surface area (Å²) in [7, 11) is 0. The lowest BCUT2D eigenvalue weighted by Gasteiger charge is -2.10. The fourth-order valence-corrected chi connectivity index (χ4v) is 3.69. The van der Waals surface area contributed by atoms with Crippen molar-refractivity contribution in [3.8, 4) is 0 Å². The van der Waals surface area contributed by atoms with Gasteiger partial charge in [-0.3, -0.25) is 14.4 Å². The van der Waals surface area contributed by atoms with Crippen molar-refractivity contribution in [3.05, 3.63) is 89.5 Å². The summed E-state index contributed by atoms with van der Waals surface area (Å²) >= 11 is 1.08. The third kappa shape index (κ3) is 7.10. The average Bonchev–Trinajstić information content (AvgIpc) is 2.81. The Bertz CT molecular complexity index is 1120. The molecule has 6 heteroatoms. The number of amides is 1. The second-order valence-electron chi connectivity index (χ2n) is 7.17. The molecule has 1 amide bonds. The van der Waals surface area contributed by atoms with Gasteiger partial charge in [-0.1, -0.05) is 84.6 Å². The van der Waals surface area contributed by atoms with Crippen molar-refractivity contribution < 1.29 is 19.1 Å². The molecule has 0 aromatic heterocycles. The van der Waals surface area contributed by atoms with E-state index in [1.807, 2.05) is 72.8 Å². The van der Waals surface area contributed by atoms with E-state index in [1.54, 1.807) is 6.08 Å². The van der Waals surface area contributed by atoms with E-state index in [-0.39, 0.29) is 42.3 Å². The van der Waals surface area contributed by atoms with E-state index in [4.69, 9.17) is 4.74 Å². The highest BCUT2D eigenvalue weighted by Crippen LogP contribution is 2.22. The van der Waals surface area contributed by atoms with Gasteiger partial charge in [-0.25, -0.2) is 0 Å². The summed E-state index contributed by atoms with van der Waals surface area (Å²) in [6, 6.07) is 23.2. The molecule has 164 valence electrons. The standard InChI is InChI=1S/C26H25NO4S/c1-19(28)32-18-23(16-22-12-7-11-21-10-5-6-13-24(21)22)26(30)27-15-14-25(29)31-17-20-8-3-2-4-9-20/h2-13,16H,14-15,17-18H2,1H3,(H,27,30)/b23-16-. The Morgan fingerprint density at radius 2 is 1.66 bits per heavy atom. The summed E-state index contributed by atoms with van der Waals surface area (Å²) < 4.78 is 5.24. The molecule has 3 rings (SSSR count). The summed E-state index contributed by atoms with van der Waals surface area (Å²) in [6.07, 6.45) is 1.88. The summed E-state index contributed by atoms with van der Waals surface area (Å²) in [5, 5.41) is 4.80. The lowest BCUT2D eigenvalue weighted by molar-refractivity contribution is -0.144. The van der Waals surface area contributed by atoms with Crippen molar-refractivity contribution >= 4 is 45.6 Å². The van der Waals surface area contributed by atoms with Crippen LogP contribution in [0.5, 0.6) is 0 Å². The minimum absolute atomic E-state index is 0.0638.